The van der Waals surface area contributed by atoms with Crippen LogP contribution in [-0.4, -0.2) is 10.4 Å². The van der Waals surface area contributed by atoms with Gasteiger partial charge in [0.25, 0.3) is 5.56 Å². The number of alkyl halides is 1. The third-order valence-electron chi connectivity index (χ3n) is 6.09. The minimum absolute atomic E-state index is 0.00186. The van der Waals surface area contributed by atoms with Gasteiger partial charge in [0, 0.05) is 22.5 Å². The van der Waals surface area contributed by atoms with Crippen LogP contribution < -0.4 is 5.56 Å². The number of hydrogen-bond donors (Lipinski definition) is 0. The summed E-state index contributed by atoms with van der Waals surface area (Å²) in [4.78, 5) is 13.9. The number of fused-ring (bicyclic) bond motifs is 2. The molecule has 0 aliphatic rings. The van der Waals surface area contributed by atoms with Crippen LogP contribution in [0.15, 0.2) is 95.8 Å². The molecule has 0 fully saturated rings. The van der Waals surface area contributed by atoms with Crippen LogP contribution in [0.5, 0.6) is 0 Å². The summed E-state index contributed by atoms with van der Waals surface area (Å²) < 4.78 is 1.90. The molecule has 0 radical (unpaired) electrons. The smallest absolute Gasteiger partial charge is 0.263 e. The van der Waals surface area contributed by atoms with Crippen LogP contribution in [0.3, 0.4) is 0 Å². The molecule has 32 heavy (non-hydrogen) atoms. The lowest BCUT2D eigenvalue weighted by atomic mass is 9.92. The molecule has 0 atom stereocenters. The van der Waals surface area contributed by atoms with Crippen LogP contribution in [0.1, 0.15) is 17.5 Å². The summed E-state index contributed by atoms with van der Waals surface area (Å²) >= 11 is 6.13. The number of aryl methyl sites for hydroxylation is 2. The fourth-order valence-corrected chi connectivity index (χ4v) is 4.70. The molecule has 0 amide bonds. The zero-order valence-corrected chi connectivity index (χ0v) is 18.8. The number of rotatable bonds is 5. The van der Waals surface area contributed by atoms with Gasteiger partial charge in [-0.25, -0.2) is 0 Å². The summed E-state index contributed by atoms with van der Waals surface area (Å²) in [5.74, 6) is 0.576. The SMILES string of the molecule is Cc1ccc(-n2c(-c3cccc4ccccc34)c(CCCCl)c3ccccc3c2=O)cc1. The molecule has 0 spiro atoms. The summed E-state index contributed by atoms with van der Waals surface area (Å²) in [5, 5.41) is 4.04. The highest BCUT2D eigenvalue weighted by Crippen LogP contribution is 2.35. The predicted molar refractivity (Wildman–Crippen MR) is 136 cm³/mol. The molecule has 1 heterocycles. The molecule has 2 nitrogen and oxygen atoms in total. The van der Waals surface area contributed by atoms with Crippen LogP contribution in [0.2, 0.25) is 0 Å². The number of benzene rings is 4. The topological polar surface area (TPSA) is 22.0 Å². The Kier molecular flexibility index (Phi) is 5.55. The van der Waals surface area contributed by atoms with E-state index in [2.05, 4.69) is 61.5 Å². The molecule has 0 saturated carbocycles. The summed E-state index contributed by atoms with van der Waals surface area (Å²) in [6.45, 7) is 2.06. The normalized spacial score (nSPS) is 11.3. The second-order valence-corrected chi connectivity index (χ2v) is 8.55. The van der Waals surface area contributed by atoms with E-state index in [1.54, 1.807) is 0 Å². The number of nitrogens with zero attached hydrogens (tertiary/aromatic N) is 1. The molecule has 158 valence electrons. The van der Waals surface area contributed by atoms with Crippen molar-refractivity contribution in [1.29, 1.82) is 0 Å². The summed E-state index contributed by atoms with van der Waals surface area (Å²) in [5.41, 5.74) is 5.23. The van der Waals surface area contributed by atoms with Crippen molar-refractivity contribution in [3.63, 3.8) is 0 Å². The second kappa shape index (κ2) is 8.64. The van der Waals surface area contributed by atoms with E-state index in [-0.39, 0.29) is 5.56 Å². The van der Waals surface area contributed by atoms with Gasteiger partial charge in [-0.1, -0.05) is 78.4 Å². The van der Waals surface area contributed by atoms with Gasteiger partial charge in [-0.05, 0) is 59.7 Å². The molecule has 0 aliphatic carbocycles. The zero-order valence-electron chi connectivity index (χ0n) is 18.0. The standard InChI is InChI=1S/C29H24ClNO/c1-20-15-17-22(18-16-20)31-28(25-13-6-9-21-8-2-3-10-23(21)25)26(14-7-19-30)24-11-4-5-12-27(24)29(31)32/h2-6,8-13,15-18H,7,14,19H2,1H3. The van der Waals surface area contributed by atoms with E-state index in [0.29, 0.717) is 5.88 Å². The first-order chi connectivity index (χ1) is 15.7. The van der Waals surface area contributed by atoms with E-state index in [0.717, 1.165) is 62.5 Å². The Labute approximate surface area is 192 Å². The molecule has 4 aromatic carbocycles. The molecule has 0 saturated heterocycles. The monoisotopic (exact) mass is 437 g/mol. The van der Waals surface area contributed by atoms with Crippen LogP contribution in [0, 0.1) is 6.92 Å². The van der Waals surface area contributed by atoms with Crippen LogP contribution in [-0.2, 0) is 6.42 Å². The van der Waals surface area contributed by atoms with E-state index in [4.69, 9.17) is 11.6 Å². The molecule has 0 N–H and O–H groups in total. The lowest BCUT2D eigenvalue weighted by Gasteiger charge is -2.21. The van der Waals surface area contributed by atoms with Gasteiger partial charge in [-0.2, -0.15) is 0 Å². The van der Waals surface area contributed by atoms with Gasteiger partial charge in [0.2, 0.25) is 0 Å². The van der Waals surface area contributed by atoms with Gasteiger partial charge in [0.15, 0.2) is 0 Å². The highest BCUT2D eigenvalue weighted by molar-refractivity contribution is 6.17. The van der Waals surface area contributed by atoms with Gasteiger partial charge < -0.3 is 0 Å². The molecular weight excluding hydrogens is 414 g/mol. The van der Waals surface area contributed by atoms with Crippen LogP contribution in [0.25, 0.3) is 38.5 Å². The number of hydrogen-bond acceptors (Lipinski definition) is 1. The van der Waals surface area contributed by atoms with Crippen molar-refractivity contribution in [3.8, 4) is 16.9 Å². The maximum Gasteiger partial charge on any atom is 0.263 e. The summed E-state index contributed by atoms with van der Waals surface area (Å²) in [6.07, 6.45) is 1.64. The molecular formula is C29H24ClNO. The molecule has 1 aromatic heterocycles. The van der Waals surface area contributed by atoms with Crippen molar-refractivity contribution in [2.24, 2.45) is 0 Å². The predicted octanol–water partition coefficient (Wildman–Crippen LogP) is 7.29. The average Bonchev–Trinajstić information content (AvgIpc) is 2.84. The van der Waals surface area contributed by atoms with E-state index < -0.39 is 0 Å². The Bertz CT molecular complexity index is 1480. The lowest BCUT2D eigenvalue weighted by molar-refractivity contribution is 0.909. The van der Waals surface area contributed by atoms with E-state index in [1.807, 2.05) is 41.0 Å². The van der Waals surface area contributed by atoms with Crippen molar-refractivity contribution in [2.45, 2.75) is 19.8 Å². The maximum absolute atomic E-state index is 13.9. The maximum atomic E-state index is 13.9. The number of pyridine rings is 1. The lowest BCUT2D eigenvalue weighted by Crippen LogP contribution is -2.22. The quantitative estimate of drug-likeness (QED) is 0.264. The molecule has 0 unspecified atom stereocenters. The molecule has 0 bridgehead atoms. The highest BCUT2D eigenvalue weighted by atomic mass is 35.5. The van der Waals surface area contributed by atoms with Crippen molar-refractivity contribution in [2.75, 3.05) is 5.88 Å². The van der Waals surface area contributed by atoms with E-state index >= 15 is 0 Å². The van der Waals surface area contributed by atoms with Crippen molar-refractivity contribution >= 4 is 33.1 Å². The Morgan fingerprint density at radius 2 is 1.41 bits per heavy atom. The van der Waals surface area contributed by atoms with Gasteiger partial charge in [0.05, 0.1) is 5.69 Å². The van der Waals surface area contributed by atoms with Gasteiger partial charge in [-0.3, -0.25) is 9.36 Å². The van der Waals surface area contributed by atoms with Crippen LogP contribution >= 0.6 is 11.6 Å². The Hall–Kier alpha value is -3.36. The fraction of sp³-hybridized carbons (Fsp3) is 0.138. The average molecular weight is 438 g/mol. The Balaban J connectivity index is 1.98. The second-order valence-electron chi connectivity index (χ2n) is 8.17. The van der Waals surface area contributed by atoms with E-state index in [9.17, 15) is 4.79 Å². The van der Waals surface area contributed by atoms with Crippen molar-refractivity contribution in [1.82, 2.24) is 4.57 Å². The minimum Gasteiger partial charge on any atom is -0.276 e. The molecule has 0 aliphatic heterocycles. The minimum atomic E-state index is 0.00186. The summed E-state index contributed by atoms with van der Waals surface area (Å²) in [7, 11) is 0. The molecule has 5 rings (SSSR count). The number of aromatic nitrogens is 1. The van der Waals surface area contributed by atoms with E-state index in [1.165, 1.54) is 0 Å². The highest BCUT2D eigenvalue weighted by Gasteiger charge is 2.20. The molecule has 3 heteroatoms. The largest absolute Gasteiger partial charge is 0.276 e. The Morgan fingerprint density at radius 1 is 0.750 bits per heavy atom. The fourth-order valence-electron chi connectivity index (χ4n) is 4.57. The first-order valence-corrected chi connectivity index (χ1v) is 11.5. The zero-order chi connectivity index (χ0) is 22.1. The number of halogens is 1. The third-order valence-corrected chi connectivity index (χ3v) is 6.36. The Morgan fingerprint density at radius 3 is 2.16 bits per heavy atom. The third kappa shape index (κ3) is 3.51. The van der Waals surface area contributed by atoms with Gasteiger partial charge in [0.1, 0.15) is 0 Å². The summed E-state index contributed by atoms with van der Waals surface area (Å²) in [6, 6.07) is 30.8. The van der Waals surface area contributed by atoms with Gasteiger partial charge >= 0.3 is 0 Å². The molecule has 5 aromatic rings. The van der Waals surface area contributed by atoms with Crippen molar-refractivity contribution < 1.29 is 0 Å². The van der Waals surface area contributed by atoms with Gasteiger partial charge in [-0.15, -0.1) is 11.6 Å². The van der Waals surface area contributed by atoms with Crippen LogP contribution in [0.4, 0.5) is 0 Å². The first kappa shape index (κ1) is 20.5. The first-order valence-electron chi connectivity index (χ1n) is 11.0. The van der Waals surface area contributed by atoms with Crippen molar-refractivity contribution in [3.05, 3.63) is 112 Å².